The third-order valence-corrected chi connectivity index (χ3v) is 6.25. The van der Waals surface area contributed by atoms with Crippen LogP contribution in [-0.2, 0) is 9.84 Å². The molecule has 1 fully saturated rings. The van der Waals surface area contributed by atoms with E-state index < -0.39 is 9.84 Å². The van der Waals surface area contributed by atoms with Crippen LogP contribution in [0.25, 0.3) is 0 Å². The van der Waals surface area contributed by atoms with Gasteiger partial charge in [-0.3, -0.25) is 0 Å². The van der Waals surface area contributed by atoms with E-state index >= 15 is 0 Å². The van der Waals surface area contributed by atoms with Crippen molar-refractivity contribution in [1.29, 1.82) is 0 Å². The van der Waals surface area contributed by atoms with Gasteiger partial charge in [-0.25, -0.2) is 8.42 Å². The number of hydrogen-bond donors (Lipinski definition) is 1. The van der Waals surface area contributed by atoms with Gasteiger partial charge in [0, 0.05) is 22.7 Å². The lowest BCUT2D eigenvalue weighted by Gasteiger charge is -2.21. The normalized spacial score (nSPS) is 23.4. The van der Waals surface area contributed by atoms with Gasteiger partial charge in [0.15, 0.2) is 9.84 Å². The summed E-state index contributed by atoms with van der Waals surface area (Å²) in [6.45, 7) is 1.94. The highest BCUT2D eigenvalue weighted by molar-refractivity contribution is 7.91. The Kier molecular flexibility index (Phi) is 4.15. The molecular weight excluding hydrogens is 318 g/mol. The molecule has 22 heavy (non-hydrogen) atoms. The molecule has 1 aliphatic rings. The van der Waals surface area contributed by atoms with Gasteiger partial charge in [0.25, 0.3) is 0 Å². The molecule has 2 atom stereocenters. The summed E-state index contributed by atoms with van der Waals surface area (Å²) in [5.41, 5.74) is 2.92. The molecule has 3 nitrogen and oxygen atoms in total. The zero-order valence-electron chi connectivity index (χ0n) is 12.3. The maximum atomic E-state index is 12.1. The fraction of sp³-hybridized carbons (Fsp3) is 0.294. The molecule has 0 amide bonds. The van der Waals surface area contributed by atoms with Crippen molar-refractivity contribution in [2.75, 3.05) is 16.8 Å². The molecule has 0 saturated carbocycles. The predicted molar refractivity (Wildman–Crippen MR) is 91.4 cm³/mol. The molecule has 0 aliphatic carbocycles. The minimum absolute atomic E-state index is 0.0359. The van der Waals surface area contributed by atoms with Gasteiger partial charge >= 0.3 is 0 Å². The van der Waals surface area contributed by atoms with Gasteiger partial charge in [-0.2, -0.15) is 0 Å². The van der Waals surface area contributed by atoms with Gasteiger partial charge < -0.3 is 5.32 Å². The van der Waals surface area contributed by atoms with Crippen molar-refractivity contribution in [3.05, 3.63) is 64.7 Å². The predicted octanol–water partition coefficient (Wildman–Crippen LogP) is 3.64. The number of nitrogens with one attached hydrogen (secondary N) is 1. The monoisotopic (exact) mass is 335 g/mol. The van der Waals surface area contributed by atoms with E-state index in [0.29, 0.717) is 5.02 Å². The highest BCUT2D eigenvalue weighted by atomic mass is 35.5. The summed E-state index contributed by atoms with van der Waals surface area (Å²) in [6, 6.07) is 15.4. The van der Waals surface area contributed by atoms with Gasteiger partial charge in [0.1, 0.15) is 0 Å². The van der Waals surface area contributed by atoms with E-state index in [0.717, 1.165) is 16.8 Å². The Labute approximate surface area is 136 Å². The molecule has 2 aromatic rings. The fourth-order valence-electron chi connectivity index (χ4n) is 2.92. The SMILES string of the molecule is Cc1ccc(NC2CS(=O)(=O)CC2c2ccccc2)cc1Cl. The minimum atomic E-state index is -3.03. The summed E-state index contributed by atoms with van der Waals surface area (Å²) >= 11 is 6.15. The first-order valence-corrected chi connectivity index (χ1v) is 9.42. The Bertz CT molecular complexity index is 775. The topological polar surface area (TPSA) is 46.2 Å². The van der Waals surface area contributed by atoms with Gasteiger partial charge in [-0.05, 0) is 30.2 Å². The Hall–Kier alpha value is -1.52. The van der Waals surface area contributed by atoms with E-state index in [1.165, 1.54) is 0 Å². The lowest BCUT2D eigenvalue weighted by molar-refractivity contribution is 0.601. The summed E-state index contributed by atoms with van der Waals surface area (Å²) in [4.78, 5) is 0. The average molecular weight is 336 g/mol. The smallest absolute Gasteiger partial charge is 0.153 e. The van der Waals surface area contributed by atoms with Crippen LogP contribution in [0.2, 0.25) is 5.02 Å². The van der Waals surface area contributed by atoms with Crippen molar-refractivity contribution in [3.63, 3.8) is 0 Å². The maximum absolute atomic E-state index is 12.1. The summed E-state index contributed by atoms with van der Waals surface area (Å²) < 4.78 is 24.1. The molecule has 116 valence electrons. The third-order valence-electron chi connectivity index (χ3n) is 4.10. The molecule has 0 bridgehead atoms. The summed E-state index contributed by atoms with van der Waals surface area (Å²) in [5.74, 6) is 0.304. The quantitative estimate of drug-likeness (QED) is 0.931. The van der Waals surface area contributed by atoms with Gasteiger partial charge in [0.05, 0.1) is 11.5 Å². The largest absolute Gasteiger partial charge is 0.381 e. The van der Waals surface area contributed by atoms with Crippen LogP contribution in [0.5, 0.6) is 0 Å². The van der Waals surface area contributed by atoms with Gasteiger partial charge in [-0.1, -0.05) is 48.0 Å². The number of aryl methyl sites for hydroxylation is 1. The molecule has 0 aromatic heterocycles. The second kappa shape index (κ2) is 5.94. The lowest BCUT2D eigenvalue weighted by atomic mass is 9.94. The Balaban J connectivity index is 1.88. The van der Waals surface area contributed by atoms with Crippen LogP contribution in [0.4, 0.5) is 5.69 Å². The molecule has 1 saturated heterocycles. The summed E-state index contributed by atoms with van der Waals surface area (Å²) in [7, 11) is -3.03. The number of rotatable bonds is 3. The van der Waals surface area contributed by atoms with Crippen molar-refractivity contribution >= 4 is 27.1 Å². The van der Waals surface area contributed by atoms with Crippen LogP contribution in [-0.4, -0.2) is 26.0 Å². The number of anilines is 1. The lowest BCUT2D eigenvalue weighted by Crippen LogP contribution is -2.26. The maximum Gasteiger partial charge on any atom is 0.153 e. The second-order valence-corrected chi connectivity index (χ2v) is 8.37. The Morgan fingerprint density at radius 3 is 2.50 bits per heavy atom. The molecule has 1 heterocycles. The van der Waals surface area contributed by atoms with Crippen molar-refractivity contribution in [2.45, 2.75) is 18.9 Å². The van der Waals surface area contributed by atoms with E-state index in [9.17, 15) is 8.42 Å². The van der Waals surface area contributed by atoms with Crippen LogP contribution in [0, 0.1) is 6.92 Å². The number of sulfone groups is 1. The van der Waals surface area contributed by atoms with Crippen LogP contribution in [0.15, 0.2) is 48.5 Å². The van der Waals surface area contributed by atoms with Gasteiger partial charge in [0.2, 0.25) is 0 Å². The Morgan fingerprint density at radius 2 is 1.82 bits per heavy atom. The van der Waals surface area contributed by atoms with Crippen molar-refractivity contribution in [1.82, 2.24) is 0 Å². The first kappa shape index (κ1) is 15.4. The molecule has 3 rings (SSSR count). The average Bonchev–Trinajstić information content (AvgIpc) is 2.79. The Morgan fingerprint density at radius 1 is 1.09 bits per heavy atom. The number of halogens is 1. The molecule has 2 unspecified atom stereocenters. The molecule has 1 N–H and O–H groups in total. The van der Waals surface area contributed by atoms with E-state index in [4.69, 9.17) is 11.6 Å². The van der Waals surface area contributed by atoms with E-state index in [-0.39, 0.29) is 23.5 Å². The molecule has 0 radical (unpaired) electrons. The first-order valence-electron chi connectivity index (χ1n) is 7.23. The molecule has 0 spiro atoms. The molecule has 1 aliphatic heterocycles. The highest BCUT2D eigenvalue weighted by Gasteiger charge is 2.38. The highest BCUT2D eigenvalue weighted by Crippen LogP contribution is 2.32. The minimum Gasteiger partial charge on any atom is -0.381 e. The van der Waals surface area contributed by atoms with Crippen molar-refractivity contribution < 1.29 is 8.42 Å². The standard InChI is InChI=1S/C17H18ClNO2S/c1-12-7-8-14(9-16(12)18)19-17-11-22(20,21)10-15(17)13-5-3-2-4-6-13/h2-9,15,17,19H,10-11H2,1H3. The van der Waals surface area contributed by atoms with Crippen LogP contribution in [0.1, 0.15) is 17.0 Å². The van der Waals surface area contributed by atoms with Crippen LogP contribution >= 0.6 is 11.6 Å². The summed E-state index contributed by atoms with van der Waals surface area (Å²) in [5, 5.41) is 4.03. The number of hydrogen-bond acceptors (Lipinski definition) is 3. The summed E-state index contributed by atoms with van der Waals surface area (Å²) in [6.07, 6.45) is 0. The molecule has 2 aromatic carbocycles. The van der Waals surface area contributed by atoms with Crippen LogP contribution in [0.3, 0.4) is 0 Å². The zero-order valence-corrected chi connectivity index (χ0v) is 13.9. The van der Waals surface area contributed by atoms with E-state index in [2.05, 4.69) is 5.32 Å². The van der Waals surface area contributed by atoms with E-state index in [1.54, 1.807) is 0 Å². The van der Waals surface area contributed by atoms with Crippen molar-refractivity contribution in [3.8, 4) is 0 Å². The van der Waals surface area contributed by atoms with Crippen molar-refractivity contribution in [2.24, 2.45) is 0 Å². The van der Waals surface area contributed by atoms with E-state index in [1.807, 2.05) is 55.5 Å². The zero-order chi connectivity index (χ0) is 15.7. The fourth-order valence-corrected chi connectivity index (χ4v) is 5.07. The molecule has 5 heteroatoms. The second-order valence-electron chi connectivity index (χ2n) is 5.81. The first-order chi connectivity index (χ1) is 10.4. The van der Waals surface area contributed by atoms with Gasteiger partial charge in [-0.15, -0.1) is 0 Å². The third kappa shape index (κ3) is 3.28. The molecular formula is C17H18ClNO2S. The van der Waals surface area contributed by atoms with Crippen LogP contribution < -0.4 is 5.32 Å². The number of benzene rings is 2.